The number of halogens is 2. The van der Waals surface area contributed by atoms with Gasteiger partial charge in [-0.2, -0.15) is 0 Å². The molecule has 0 saturated carbocycles. The van der Waals surface area contributed by atoms with Gasteiger partial charge in [-0.3, -0.25) is 0 Å². The molecule has 1 heterocycles. The maximum atomic E-state index is 12.5. The molecule has 21 heavy (non-hydrogen) atoms. The van der Waals surface area contributed by atoms with Gasteiger partial charge in [0.05, 0.1) is 0 Å². The van der Waals surface area contributed by atoms with Crippen molar-refractivity contribution in [3.63, 3.8) is 0 Å². The van der Waals surface area contributed by atoms with E-state index in [1.165, 1.54) is 24.3 Å². The normalized spacial score (nSPS) is 11.3. The van der Waals surface area contributed by atoms with Gasteiger partial charge in [0.2, 0.25) is 0 Å². The SMILES string of the molecule is CC(C)Cc1onc(-c2ccc(C(F)F)cc2)c1C(=O)O. The summed E-state index contributed by atoms with van der Waals surface area (Å²) in [5.41, 5.74) is 0.476. The van der Waals surface area contributed by atoms with E-state index in [1.807, 2.05) is 13.8 Å². The van der Waals surface area contributed by atoms with Crippen LogP contribution >= 0.6 is 0 Å². The van der Waals surface area contributed by atoms with Gasteiger partial charge in [0.15, 0.2) is 5.76 Å². The van der Waals surface area contributed by atoms with Crippen molar-refractivity contribution in [1.82, 2.24) is 5.16 Å². The number of hydrogen-bond acceptors (Lipinski definition) is 3. The van der Waals surface area contributed by atoms with Gasteiger partial charge in [0.25, 0.3) is 6.43 Å². The Kier molecular flexibility index (Phi) is 4.35. The van der Waals surface area contributed by atoms with E-state index in [0.717, 1.165) is 0 Å². The van der Waals surface area contributed by atoms with E-state index in [4.69, 9.17) is 4.52 Å². The van der Waals surface area contributed by atoms with Crippen molar-refractivity contribution in [2.75, 3.05) is 0 Å². The predicted octanol–water partition coefficient (Wildman–Crippen LogP) is 4.18. The molecule has 0 fully saturated rings. The number of aromatic carboxylic acids is 1. The number of rotatable bonds is 5. The van der Waals surface area contributed by atoms with Gasteiger partial charge in [0.1, 0.15) is 11.3 Å². The Balaban J connectivity index is 2.43. The van der Waals surface area contributed by atoms with Crippen LogP contribution in [0.4, 0.5) is 8.78 Å². The van der Waals surface area contributed by atoms with Crippen molar-refractivity contribution in [3.8, 4) is 11.3 Å². The van der Waals surface area contributed by atoms with Crippen molar-refractivity contribution in [2.24, 2.45) is 5.92 Å². The second kappa shape index (κ2) is 6.03. The highest BCUT2D eigenvalue weighted by Gasteiger charge is 2.24. The number of alkyl halides is 2. The summed E-state index contributed by atoms with van der Waals surface area (Å²) in [6.07, 6.45) is -2.11. The first-order valence-corrected chi connectivity index (χ1v) is 6.50. The van der Waals surface area contributed by atoms with Crippen LogP contribution in [-0.4, -0.2) is 16.2 Å². The predicted molar refractivity (Wildman–Crippen MR) is 72.4 cm³/mol. The summed E-state index contributed by atoms with van der Waals surface area (Å²) >= 11 is 0. The average Bonchev–Trinajstić information content (AvgIpc) is 2.81. The van der Waals surface area contributed by atoms with Crippen LogP contribution in [0.25, 0.3) is 11.3 Å². The van der Waals surface area contributed by atoms with Crippen LogP contribution in [0.1, 0.15) is 42.0 Å². The first-order valence-electron chi connectivity index (χ1n) is 6.50. The molecule has 1 N–H and O–H groups in total. The van der Waals surface area contributed by atoms with E-state index < -0.39 is 12.4 Å². The molecule has 6 heteroatoms. The fourth-order valence-electron chi connectivity index (χ4n) is 2.04. The Labute approximate surface area is 120 Å². The summed E-state index contributed by atoms with van der Waals surface area (Å²) in [5, 5.41) is 13.1. The van der Waals surface area contributed by atoms with Crippen LogP contribution in [0.2, 0.25) is 0 Å². The molecule has 0 amide bonds. The van der Waals surface area contributed by atoms with Crippen molar-refractivity contribution >= 4 is 5.97 Å². The lowest BCUT2D eigenvalue weighted by atomic mass is 10.0. The van der Waals surface area contributed by atoms with Crippen molar-refractivity contribution in [3.05, 3.63) is 41.2 Å². The minimum atomic E-state index is -2.56. The Bertz CT molecular complexity index is 633. The van der Waals surface area contributed by atoms with Gasteiger partial charge in [-0.25, -0.2) is 13.6 Å². The van der Waals surface area contributed by atoms with Gasteiger partial charge in [-0.1, -0.05) is 43.3 Å². The zero-order chi connectivity index (χ0) is 15.6. The molecule has 0 saturated heterocycles. The number of benzene rings is 1. The van der Waals surface area contributed by atoms with E-state index in [9.17, 15) is 18.7 Å². The van der Waals surface area contributed by atoms with Gasteiger partial charge in [-0.05, 0) is 5.92 Å². The van der Waals surface area contributed by atoms with Gasteiger partial charge in [-0.15, -0.1) is 0 Å². The second-order valence-corrected chi connectivity index (χ2v) is 5.16. The highest BCUT2D eigenvalue weighted by Crippen LogP contribution is 2.29. The zero-order valence-corrected chi connectivity index (χ0v) is 11.6. The van der Waals surface area contributed by atoms with Crippen LogP contribution in [0.15, 0.2) is 28.8 Å². The highest BCUT2D eigenvalue weighted by molar-refractivity contribution is 5.95. The lowest BCUT2D eigenvalue weighted by Gasteiger charge is -2.03. The molecule has 0 radical (unpaired) electrons. The zero-order valence-electron chi connectivity index (χ0n) is 11.6. The minimum absolute atomic E-state index is 0.00602. The summed E-state index contributed by atoms with van der Waals surface area (Å²) in [4.78, 5) is 11.4. The van der Waals surface area contributed by atoms with Crippen molar-refractivity contribution < 1.29 is 23.2 Å². The highest BCUT2D eigenvalue weighted by atomic mass is 19.3. The van der Waals surface area contributed by atoms with Crippen LogP contribution in [0.3, 0.4) is 0 Å². The topological polar surface area (TPSA) is 63.3 Å². The maximum Gasteiger partial charge on any atom is 0.341 e. The van der Waals surface area contributed by atoms with E-state index in [1.54, 1.807) is 0 Å². The van der Waals surface area contributed by atoms with Crippen molar-refractivity contribution in [2.45, 2.75) is 26.7 Å². The summed E-state index contributed by atoms with van der Waals surface area (Å²) in [6, 6.07) is 5.35. The lowest BCUT2D eigenvalue weighted by molar-refractivity contribution is 0.0695. The second-order valence-electron chi connectivity index (χ2n) is 5.16. The van der Waals surface area contributed by atoms with E-state index in [-0.39, 0.29) is 22.7 Å². The van der Waals surface area contributed by atoms with Gasteiger partial charge in [0, 0.05) is 17.5 Å². The molecule has 0 aliphatic rings. The summed E-state index contributed by atoms with van der Waals surface area (Å²) < 4.78 is 30.2. The smallest absolute Gasteiger partial charge is 0.341 e. The first kappa shape index (κ1) is 15.2. The Morgan fingerprint density at radius 1 is 1.29 bits per heavy atom. The third-order valence-corrected chi connectivity index (χ3v) is 3.01. The summed E-state index contributed by atoms with van der Waals surface area (Å²) in [6.45, 7) is 3.87. The molecule has 0 atom stereocenters. The van der Waals surface area contributed by atoms with Crippen molar-refractivity contribution in [1.29, 1.82) is 0 Å². The Morgan fingerprint density at radius 3 is 2.38 bits per heavy atom. The van der Waals surface area contributed by atoms with E-state index in [0.29, 0.717) is 17.7 Å². The largest absolute Gasteiger partial charge is 0.477 e. The van der Waals surface area contributed by atoms with Crippen LogP contribution in [0.5, 0.6) is 0 Å². The molecule has 0 aliphatic carbocycles. The monoisotopic (exact) mass is 295 g/mol. The number of aromatic nitrogens is 1. The molecular weight excluding hydrogens is 280 g/mol. The summed E-state index contributed by atoms with van der Waals surface area (Å²) in [7, 11) is 0. The quantitative estimate of drug-likeness (QED) is 0.899. The molecular formula is C15H15F2NO3. The molecule has 4 nitrogen and oxygen atoms in total. The number of hydrogen-bond donors (Lipinski definition) is 1. The molecule has 0 unspecified atom stereocenters. The van der Waals surface area contributed by atoms with Crippen LogP contribution in [-0.2, 0) is 6.42 Å². The standard InChI is InChI=1S/C15H15F2NO3/c1-8(2)7-11-12(15(19)20)13(18-21-11)9-3-5-10(6-4-9)14(16)17/h3-6,8,14H,7H2,1-2H3,(H,19,20). The average molecular weight is 295 g/mol. The molecule has 1 aromatic carbocycles. The molecule has 2 aromatic rings. The molecule has 0 bridgehead atoms. The number of carboxylic acids is 1. The molecule has 0 aliphatic heterocycles. The van der Waals surface area contributed by atoms with Gasteiger partial charge >= 0.3 is 5.97 Å². The molecule has 112 valence electrons. The molecule has 0 spiro atoms. The third kappa shape index (κ3) is 3.26. The van der Waals surface area contributed by atoms with Crippen LogP contribution < -0.4 is 0 Å². The fraction of sp³-hybridized carbons (Fsp3) is 0.333. The summed E-state index contributed by atoms with van der Waals surface area (Å²) in [5.74, 6) is -0.629. The minimum Gasteiger partial charge on any atom is -0.477 e. The number of nitrogens with zero attached hydrogens (tertiary/aromatic N) is 1. The van der Waals surface area contributed by atoms with Crippen LogP contribution in [0, 0.1) is 5.92 Å². The van der Waals surface area contributed by atoms with E-state index >= 15 is 0 Å². The fourth-order valence-corrected chi connectivity index (χ4v) is 2.04. The first-order chi connectivity index (χ1) is 9.90. The maximum absolute atomic E-state index is 12.5. The molecule has 1 aromatic heterocycles. The van der Waals surface area contributed by atoms with E-state index in [2.05, 4.69) is 5.16 Å². The number of carbonyl (C=O) groups is 1. The molecule has 2 rings (SSSR count). The third-order valence-electron chi connectivity index (χ3n) is 3.01. The number of carboxylic acid groups (broad SMARTS) is 1. The Morgan fingerprint density at radius 2 is 1.90 bits per heavy atom. The van der Waals surface area contributed by atoms with Gasteiger partial charge < -0.3 is 9.63 Å². The lowest BCUT2D eigenvalue weighted by Crippen LogP contribution is -2.04. The Hall–Kier alpha value is -2.24.